The first-order valence-electron chi connectivity index (χ1n) is 39.7. The topological polar surface area (TPSA) is 237 Å². The number of aliphatic hydroxyl groups excluding tert-OH is 1. The van der Waals surface area contributed by atoms with E-state index in [4.69, 9.17) is 37.0 Å². The minimum absolute atomic E-state index is 0.106. The number of hydrogen-bond donors (Lipinski definition) is 3. The summed E-state index contributed by atoms with van der Waals surface area (Å²) in [5, 5.41) is 10.6. The molecule has 0 rings (SSSR count). The van der Waals surface area contributed by atoms with E-state index in [0.29, 0.717) is 31.6 Å². The van der Waals surface area contributed by atoms with Gasteiger partial charge in [-0.3, -0.25) is 37.3 Å². The van der Waals surface area contributed by atoms with Crippen LogP contribution in [0.3, 0.4) is 0 Å². The standard InChI is InChI=1S/C77H150O17P2/c1-9-70(8)56-48-40-32-26-27-33-41-49-57-74(79)87-63-72(93-76(81)59-51-43-34-24-20-15-13-11-10-12-14-18-22-29-37-45-53-67(2)3)65-91-95(83,84)89-61-71(78)62-90-96(85,86)92-66-73(64-88-75(80)58-50-42-36-28-31-39-47-55-69(6)7)94-77(82)60-52-44-35-25-21-17-16-19-23-30-38-46-54-68(4)5/h67-73,78H,9-66H2,1-8H3,(H,83,84)(H,85,86)/t70?,71?,72-,73-/m1/s1. The molecule has 0 aromatic carbocycles. The number of phosphoric acid groups is 2. The van der Waals surface area contributed by atoms with Crippen molar-refractivity contribution in [3.05, 3.63) is 0 Å². The molecule has 0 saturated carbocycles. The first-order valence-corrected chi connectivity index (χ1v) is 42.7. The van der Waals surface area contributed by atoms with Crippen LogP contribution in [-0.4, -0.2) is 96.7 Å². The fourth-order valence-electron chi connectivity index (χ4n) is 11.7. The van der Waals surface area contributed by atoms with Gasteiger partial charge in [0.25, 0.3) is 0 Å². The fraction of sp³-hybridized carbons (Fsp3) is 0.948. The van der Waals surface area contributed by atoms with Crippen molar-refractivity contribution < 1.29 is 80.2 Å². The molecule has 0 bridgehead atoms. The molecule has 0 spiro atoms. The maximum absolute atomic E-state index is 13.1. The average Bonchev–Trinajstić information content (AvgIpc) is 1.87. The Morgan fingerprint density at radius 3 is 0.740 bits per heavy atom. The largest absolute Gasteiger partial charge is 0.472 e. The third kappa shape index (κ3) is 69.2. The van der Waals surface area contributed by atoms with Gasteiger partial charge in [0.2, 0.25) is 0 Å². The molecule has 0 aliphatic rings. The highest BCUT2D eigenvalue weighted by molar-refractivity contribution is 7.47. The molecule has 0 aliphatic carbocycles. The molecule has 0 radical (unpaired) electrons. The highest BCUT2D eigenvalue weighted by Gasteiger charge is 2.30. The number of rotatable bonds is 74. The second-order valence-corrected chi connectivity index (χ2v) is 32.3. The van der Waals surface area contributed by atoms with Crippen LogP contribution >= 0.6 is 15.6 Å². The molecule has 3 N–H and O–H groups in total. The monoisotopic (exact) mass is 1410 g/mol. The first kappa shape index (κ1) is 94.1. The van der Waals surface area contributed by atoms with Crippen molar-refractivity contribution in [3.63, 3.8) is 0 Å². The highest BCUT2D eigenvalue weighted by atomic mass is 31.2. The first-order chi connectivity index (χ1) is 46.1. The quantitative estimate of drug-likeness (QED) is 0.0222. The Morgan fingerprint density at radius 1 is 0.292 bits per heavy atom. The van der Waals surface area contributed by atoms with Crippen LogP contribution in [0.25, 0.3) is 0 Å². The summed E-state index contributed by atoms with van der Waals surface area (Å²) in [5.74, 6) is 0.948. The van der Waals surface area contributed by atoms with Crippen LogP contribution in [0, 0.1) is 23.7 Å². The van der Waals surface area contributed by atoms with Gasteiger partial charge in [-0.1, -0.05) is 338 Å². The van der Waals surface area contributed by atoms with E-state index in [2.05, 4.69) is 55.4 Å². The summed E-state index contributed by atoms with van der Waals surface area (Å²) in [6.07, 6.45) is 51.4. The summed E-state index contributed by atoms with van der Waals surface area (Å²) in [6.45, 7) is 14.2. The van der Waals surface area contributed by atoms with Crippen molar-refractivity contribution >= 4 is 39.5 Å². The Bertz CT molecular complexity index is 1890. The number of esters is 4. The lowest BCUT2D eigenvalue weighted by atomic mass is 9.99. The molecule has 6 atom stereocenters. The van der Waals surface area contributed by atoms with Gasteiger partial charge in [-0.2, -0.15) is 0 Å². The zero-order chi connectivity index (χ0) is 71.0. The predicted molar refractivity (Wildman–Crippen MR) is 391 cm³/mol. The van der Waals surface area contributed by atoms with Gasteiger partial charge in [-0.25, -0.2) is 9.13 Å². The zero-order valence-electron chi connectivity index (χ0n) is 63.0. The molecule has 4 unspecified atom stereocenters. The van der Waals surface area contributed by atoms with E-state index in [1.807, 2.05) is 0 Å². The van der Waals surface area contributed by atoms with Gasteiger partial charge in [0.05, 0.1) is 26.4 Å². The van der Waals surface area contributed by atoms with Crippen LogP contribution < -0.4 is 0 Å². The van der Waals surface area contributed by atoms with E-state index >= 15 is 0 Å². The molecular formula is C77H150O17P2. The minimum atomic E-state index is -4.96. The molecule has 570 valence electrons. The smallest absolute Gasteiger partial charge is 0.462 e. The molecular weight excluding hydrogens is 1260 g/mol. The van der Waals surface area contributed by atoms with Crippen LogP contribution in [0.5, 0.6) is 0 Å². The number of ether oxygens (including phenoxy) is 4. The number of aliphatic hydroxyl groups is 1. The van der Waals surface area contributed by atoms with Gasteiger partial charge >= 0.3 is 39.5 Å². The van der Waals surface area contributed by atoms with Crippen molar-refractivity contribution in [1.82, 2.24) is 0 Å². The molecule has 0 fully saturated rings. The number of hydrogen-bond acceptors (Lipinski definition) is 15. The average molecular weight is 1410 g/mol. The second-order valence-electron chi connectivity index (χ2n) is 29.4. The maximum atomic E-state index is 13.1. The van der Waals surface area contributed by atoms with Crippen molar-refractivity contribution in [3.8, 4) is 0 Å². The van der Waals surface area contributed by atoms with E-state index in [1.165, 1.54) is 186 Å². The fourth-order valence-corrected chi connectivity index (χ4v) is 13.3. The van der Waals surface area contributed by atoms with Crippen LogP contribution in [0.15, 0.2) is 0 Å². The third-order valence-electron chi connectivity index (χ3n) is 18.2. The van der Waals surface area contributed by atoms with Crippen LogP contribution in [0.4, 0.5) is 0 Å². The Balaban J connectivity index is 5.23. The molecule has 0 aromatic rings. The Hall–Kier alpha value is -1.94. The SMILES string of the molecule is CCC(C)CCCCCCCCCCC(=O)OC[C@H](COP(=O)(O)OCC(O)COP(=O)(O)OC[C@@H](COC(=O)CCCCCCCCCC(C)C)OC(=O)CCCCCCCCCCCCCCC(C)C)OC(=O)CCCCCCCCCCCCCCCCCCC(C)C. The molecule has 19 heteroatoms. The normalized spacial score (nSPS) is 14.4. The third-order valence-corrected chi connectivity index (χ3v) is 20.1. The lowest BCUT2D eigenvalue weighted by molar-refractivity contribution is -0.161. The van der Waals surface area contributed by atoms with Gasteiger partial charge in [0.1, 0.15) is 19.3 Å². The second kappa shape index (κ2) is 66.3. The van der Waals surface area contributed by atoms with Crippen molar-refractivity contribution in [2.75, 3.05) is 39.6 Å². The summed E-state index contributed by atoms with van der Waals surface area (Å²) in [6, 6.07) is 0. The lowest BCUT2D eigenvalue weighted by Gasteiger charge is -2.21. The Kier molecular flexibility index (Phi) is 65.0. The van der Waals surface area contributed by atoms with Gasteiger partial charge in [-0.05, 0) is 49.4 Å². The van der Waals surface area contributed by atoms with E-state index in [-0.39, 0.29) is 25.7 Å². The van der Waals surface area contributed by atoms with Gasteiger partial charge in [0, 0.05) is 25.7 Å². The maximum Gasteiger partial charge on any atom is 0.472 e. The molecule has 0 saturated heterocycles. The van der Waals surface area contributed by atoms with Gasteiger partial charge < -0.3 is 33.8 Å². The van der Waals surface area contributed by atoms with Crippen LogP contribution in [0.2, 0.25) is 0 Å². The number of unbranched alkanes of at least 4 members (excludes halogenated alkanes) is 39. The van der Waals surface area contributed by atoms with E-state index in [1.54, 1.807) is 0 Å². The van der Waals surface area contributed by atoms with Crippen molar-refractivity contribution in [1.29, 1.82) is 0 Å². The number of carbonyl (C=O) groups is 4. The van der Waals surface area contributed by atoms with Crippen molar-refractivity contribution in [2.24, 2.45) is 23.7 Å². The highest BCUT2D eigenvalue weighted by Crippen LogP contribution is 2.45. The molecule has 96 heavy (non-hydrogen) atoms. The van der Waals surface area contributed by atoms with Gasteiger partial charge in [0.15, 0.2) is 12.2 Å². The van der Waals surface area contributed by atoms with E-state index < -0.39 is 97.5 Å². The molecule has 0 aromatic heterocycles. The van der Waals surface area contributed by atoms with Crippen LogP contribution in [0.1, 0.15) is 389 Å². The summed E-state index contributed by atoms with van der Waals surface area (Å²) >= 11 is 0. The van der Waals surface area contributed by atoms with Crippen molar-refractivity contribution in [2.45, 2.75) is 408 Å². The molecule has 0 heterocycles. The minimum Gasteiger partial charge on any atom is -0.462 e. The molecule has 0 aliphatic heterocycles. The summed E-state index contributed by atoms with van der Waals surface area (Å²) in [4.78, 5) is 72.8. The summed E-state index contributed by atoms with van der Waals surface area (Å²) in [7, 11) is -9.92. The Morgan fingerprint density at radius 2 is 0.500 bits per heavy atom. The van der Waals surface area contributed by atoms with Gasteiger partial charge in [-0.15, -0.1) is 0 Å². The molecule has 0 amide bonds. The number of carbonyl (C=O) groups excluding carboxylic acids is 4. The van der Waals surface area contributed by atoms with E-state index in [0.717, 1.165) is 114 Å². The Labute approximate surface area is 588 Å². The molecule has 17 nitrogen and oxygen atoms in total. The van der Waals surface area contributed by atoms with Crippen LogP contribution in [-0.2, 0) is 65.4 Å². The summed E-state index contributed by atoms with van der Waals surface area (Å²) in [5.41, 5.74) is 0. The number of phosphoric ester groups is 2. The lowest BCUT2D eigenvalue weighted by Crippen LogP contribution is -2.30. The zero-order valence-corrected chi connectivity index (χ0v) is 64.8. The predicted octanol–water partition coefficient (Wildman–Crippen LogP) is 22.4. The summed E-state index contributed by atoms with van der Waals surface area (Å²) < 4.78 is 68.6. The van der Waals surface area contributed by atoms with E-state index in [9.17, 15) is 43.2 Å².